The number of anilines is 1. The zero-order valence-electron chi connectivity index (χ0n) is 10.7. The van der Waals surface area contributed by atoms with E-state index >= 15 is 0 Å². The molecule has 2 heterocycles. The Morgan fingerprint density at radius 2 is 2.32 bits per heavy atom. The summed E-state index contributed by atoms with van der Waals surface area (Å²) in [5.74, 6) is -0.0517. The molecule has 8 heteroatoms. The lowest BCUT2D eigenvalue weighted by Crippen LogP contribution is -2.42. The number of nitrogens with two attached hydrogens (primary N) is 1. The molecule has 0 spiro atoms. The van der Waals surface area contributed by atoms with Crippen LogP contribution in [0.15, 0.2) is 0 Å². The number of carbonyl (C=O) groups excluding carboxylic acids is 1. The van der Waals surface area contributed by atoms with Crippen LogP contribution >= 0.6 is 11.6 Å². The number of hydrogen-bond donors (Lipinski definition) is 1. The summed E-state index contributed by atoms with van der Waals surface area (Å²) in [6, 6.07) is 0.193. The molecule has 1 aliphatic heterocycles. The first kappa shape index (κ1) is 13.8. The molecule has 1 amide bonds. The molecule has 1 aromatic heterocycles. The molecule has 1 aromatic rings. The van der Waals surface area contributed by atoms with Crippen LogP contribution in [0.5, 0.6) is 6.01 Å². The van der Waals surface area contributed by atoms with Crippen LogP contribution in [0.4, 0.5) is 5.95 Å². The molecule has 2 N–H and O–H groups in total. The van der Waals surface area contributed by atoms with Crippen LogP contribution in [0.1, 0.15) is 19.8 Å². The van der Waals surface area contributed by atoms with Gasteiger partial charge in [0.25, 0.3) is 0 Å². The van der Waals surface area contributed by atoms with Gasteiger partial charge >= 0.3 is 6.01 Å². The van der Waals surface area contributed by atoms with Gasteiger partial charge in [0.2, 0.25) is 17.1 Å². The second kappa shape index (κ2) is 6.01. The summed E-state index contributed by atoms with van der Waals surface area (Å²) in [7, 11) is 0. The van der Waals surface area contributed by atoms with Gasteiger partial charge in [-0.15, -0.1) is 0 Å². The van der Waals surface area contributed by atoms with Gasteiger partial charge in [0.05, 0.1) is 12.5 Å². The van der Waals surface area contributed by atoms with E-state index in [4.69, 9.17) is 22.1 Å². The summed E-state index contributed by atoms with van der Waals surface area (Å²) in [5, 5.41) is 0.0784. The van der Waals surface area contributed by atoms with E-state index in [1.807, 2.05) is 11.8 Å². The fourth-order valence-electron chi connectivity index (χ4n) is 2.05. The first-order chi connectivity index (χ1) is 9.10. The molecule has 104 valence electrons. The average Bonchev–Trinajstić information content (AvgIpc) is 2.38. The quantitative estimate of drug-likeness (QED) is 0.872. The largest absolute Gasteiger partial charge is 0.464 e. The first-order valence-electron chi connectivity index (χ1n) is 6.18. The summed E-state index contributed by atoms with van der Waals surface area (Å²) in [6.45, 7) is 3.54. The number of primary amides is 1. The summed E-state index contributed by atoms with van der Waals surface area (Å²) in [4.78, 5) is 25.3. The molecule has 0 radical (unpaired) electrons. The number of ether oxygens (including phenoxy) is 1. The number of amides is 1. The van der Waals surface area contributed by atoms with Crippen molar-refractivity contribution in [3.05, 3.63) is 5.28 Å². The van der Waals surface area contributed by atoms with Crippen LogP contribution in [-0.4, -0.2) is 40.6 Å². The molecule has 19 heavy (non-hydrogen) atoms. The Labute approximate surface area is 116 Å². The standard InChI is InChI=1S/C11H16ClN5O2/c1-2-19-11-15-9(12)14-10(16-11)17-5-3-4-7(6-17)8(13)18/h7H,2-6H2,1H3,(H2,13,18). The second-order valence-electron chi connectivity index (χ2n) is 4.31. The van der Waals surface area contributed by atoms with Crippen LogP contribution in [0.2, 0.25) is 5.28 Å². The number of rotatable bonds is 4. The van der Waals surface area contributed by atoms with Gasteiger partial charge in [-0.2, -0.15) is 15.0 Å². The van der Waals surface area contributed by atoms with Gasteiger partial charge in [0.1, 0.15) is 0 Å². The van der Waals surface area contributed by atoms with Crippen molar-refractivity contribution < 1.29 is 9.53 Å². The Hall–Kier alpha value is -1.63. The third-order valence-electron chi connectivity index (χ3n) is 2.96. The third-order valence-corrected chi connectivity index (χ3v) is 3.12. The van der Waals surface area contributed by atoms with Crippen molar-refractivity contribution in [2.45, 2.75) is 19.8 Å². The highest BCUT2D eigenvalue weighted by atomic mass is 35.5. The molecule has 2 rings (SSSR count). The van der Waals surface area contributed by atoms with E-state index in [0.717, 1.165) is 19.4 Å². The first-order valence-corrected chi connectivity index (χ1v) is 6.56. The minimum Gasteiger partial charge on any atom is -0.464 e. The Morgan fingerprint density at radius 3 is 3.00 bits per heavy atom. The van der Waals surface area contributed by atoms with E-state index < -0.39 is 0 Å². The number of halogens is 1. The molecule has 0 bridgehead atoms. The van der Waals surface area contributed by atoms with Crippen LogP contribution < -0.4 is 15.4 Å². The van der Waals surface area contributed by atoms with Crippen LogP contribution in [-0.2, 0) is 4.79 Å². The number of hydrogen-bond acceptors (Lipinski definition) is 6. The van der Waals surface area contributed by atoms with Crippen molar-refractivity contribution in [1.82, 2.24) is 15.0 Å². The number of carbonyl (C=O) groups is 1. The average molecular weight is 286 g/mol. The Balaban J connectivity index is 2.18. The fourth-order valence-corrected chi connectivity index (χ4v) is 2.20. The predicted octanol–water partition coefficient (Wildman–Crippen LogP) is 0.625. The SMILES string of the molecule is CCOc1nc(Cl)nc(N2CCCC(C(N)=O)C2)n1. The molecule has 1 atom stereocenters. The molecule has 0 aliphatic carbocycles. The molecule has 1 unspecified atom stereocenters. The molecule has 7 nitrogen and oxygen atoms in total. The van der Waals surface area contributed by atoms with Gasteiger partial charge in [-0.25, -0.2) is 0 Å². The molecule has 1 fully saturated rings. The molecular weight excluding hydrogens is 270 g/mol. The zero-order valence-corrected chi connectivity index (χ0v) is 11.4. The van der Waals surface area contributed by atoms with E-state index in [1.54, 1.807) is 0 Å². The highest BCUT2D eigenvalue weighted by Gasteiger charge is 2.26. The van der Waals surface area contributed by atoms with Crippen molar-refractivity contribution in [2.75, 3.05) is 24.6 Å². The summed E-state index contributed by atoms with van der Waals surface area (Å²) in [6.07, 6.45) is 1.66. The lowest BCUT2D eigenvalue weighted by molar-refractivity contribution is -0.122. The number of nitrogens with zero attached hydrogens (tertiary/aromatic N) is 4. The van der Waals surface area contributed by atoms with E-state index in [1.165, 1.54) is 0 Å². The predicted molar refractivity (Wildman–Crippen MR) is 70.1 cm³/mol. The van der Waals surface area contributed by atoms with Gasteiger partial charge < -0.3 is 15.4 Å². The van der Waals surface area contributed by atoms with Crippen molar-refractivity contribution >= 4 is 23.5 Å². The maximum Gasteiger partial charge on any atom is 0.322 e. The summed E-state index contributed by atoms with van der Waals surface area (Å²) >= 11 is 5.84. The third kappa shape index (κ3) is 3.44. The highest BCUT2D eigenvalue weighted by Crippen LogP contribution is 2.22. The highest BCUT2D eigenvalue weighted by molar-refractivity contribution is 6.28. The molecule has 0 aromatic carbocycles. The van der Waals surface area contributed by atoms with Gasteiger partial charge in [-0.1, -0.05) is 0 Å². The van der Waals surface area contributed by atoms with Crippen molar-refractivity contribution in [3.63, 3.8) is 0 Å². The van der Waals surface area contributed by atoms with Gasteiger partial charge in [-0.3, -0.25) is 4.79 Å². The lowest BCUT2D eigenvalue weighted by atomic mass is 9.98. The maximum absolute atomic E-state index is 11.3. The Bertz CT molecular complexity index is 470. The topological polar surface area (TPSA) is 94.2 Å². The van der Waals surface area contributed by atoms with Crippen LogP contribution in [0.25, 0.3) is 0 Å². The van der Waals surface area contributed by atoms with Gasteiger partial charge in [-0.05, 0) is 31.4 Å². The van der Waals surface area contributed by atoms with Crippen LogP contribution in [0, 0.1) is 5.92 Å². The van der Waals surface area contributed by atoms with E-state index in [2.05, 4.69) is 15.0 Å². The number of aromatic nitrogens is 3. The lowest BCUT2D eigenvalue weighted by Gasteiger charge is -2.31. The van der Waals surface area contributed by atoms with Crippen molar-refractivity contribution in [2.24, 2.45) is 11.7 Å². The van der Waals surface area contributed by atoms with Gasteiger partial charge in [0, 0.05) is 13.1 Å². The molecule has 0 saturated carbocycles. The Kier molecular flexibility index (Phi) is 4.36. The van der Waals surface area contributed by atoms with Gasteiger partial charge in [0.15, 0.2) is 0 Å². The summed E-state index contributed by atoms with van der Waals surface area (Å²) in [5.41, 5.74) is 5.35. The normalized spacial score (nSPS) is 19.3. The zero-order chi connectivity index (χ0) is 13.8. The molecule has 1 aliphatic rings. The fraction of sp³-hybridized carbons (Fsp3) is 0.636. The Morgan fingerprint density at radius 1 is 1.53 bits per heavy atom. The second-order valence-corrected chi connectivity index (χ2v) is 4.65. The summed E-state index contributed by atoms with van der Waals surface area (Å²) < 4.78 is 5.23. The maximum atomic E-state index is 11.3. The minimum absolute atomic E-state index is 0.0784. The van der Waals surface area contributed by atoms with Crippen LogP contribution in [0.3, 0.4) is 0 Å². The van der Waals surface area contributed by atoms with Crippen molar-refractivity contribution in [3.8, 4) is 6.01 Å². The molecule has 1 saturated heterocycles. The monoisotopic (exact) mass is 285 g/mol. The van der Waals surface area contributed by atoms with E-state index in [-0.39, 0.29) is 23.1 Å². The van der Waals surface area contributed by atoms with E-state index in [0.29, 0.717) is 19.1 Å². The smallest absolute Gasteiger partial charge is 0.322 e. The number of piperidine rings is 1. The van der Waals surface area contributed by atoms with E-state index in [9.17, 15) is 4.79 Å². The molecular formula is C11H16ClN5O2. The van der Waals surface area contributed by atoms with Crippen molar-refractivity contribution in [1.29, 1.82) is 0 Å². The minimum atomic E-state index is -0.296.